The van der Waals surface area contributed by atoms with Crippen LogP contribution in [0.25, 0.3) is 0 Å². The number of hydrogen-bond donors (Lipinski definition) is 0. The van der Waals surface area contributed by atoms with Crippen LogP contribution in [0.3, 0.4) is 0 Å². The molecule has 5 aromatic rings. The van der Waals surface area contributed by atoms with Gasteiger partial charge in [-0.15, -0.1) is 0 Å². The summed E-state index contributed by atoms with van der Waals surface area (Å²) in [5.74, 6) is 2.71. The van der Waals surface area contributed by atoms with Gasteiger partial charge in [0.25, 0.3) is 0 Å². The highest BCUT2D eigenvalue weighted by molar-refractivity contribution is 8.00. The van der Waals surface area contributed by atoms with Crippen LogP contribution in [0.2, 0.25) is 0 Å². The van der Waals surface area contributed by atoms with E-state index in [-0.39, 0.29) is 5.54 Å². The van der Waals surface area contributed by atoms with Crippen molar-refractivity contribution >= 4 is 75.1 Å². The number of benzene rings is 5. The molecular weight excluding hydrogens is 565 g/mol. The van der Waals surface area contributed by atoms with Crippen molar-refractivity contribution in [1.29, 1.82) is 0 Å². The van der Waals surface area contributed by atoms with Gasteiger partial charge in [-0.1, -0.05) is 108 Å². The van der Waals surface area contributed by atoms with E-state index < -0.39 is 8.07 Å². The number of hydrogen-bond acceptors (Lipinski definition) is 2. The molecule has 0 aromatic heterocycles. The van der Waals surface area contributed by atoms with Gasteiger partial charge in [-0.2, -0.15) is 0 Å². The number of anilines is 2. The van der Waals surface area contributed by atoms with Crippen LogP contribution in [0.15, 0.2) is 125 Å². The molecule has 0 radical (unpaired) electrons. The molecule has 44 heavy (non-hydrogen) atoms. The molecule has 4 bridgehead atoms. The van der Waals surface area contributed by atoms with E-state index >= 15 is 0 Å². The predicted octanol–water partition coefficient (Wildman–Crippen LogP) is 4.78. The van der Waals surface area contributed by atoms with Crippen LogP contribution in [-0.2, 0) is 0 Å². The molecule has 0 saturated heterocycles. The van der Waals surface area contributed by atoms with Gasteiger partial charge in [0.15, 0.2) is 8.07 Å². The van der Waals surface area contributed by atoms with Gasteiger partial charge in [-0.25, -0.2) is 0 Å². The smallest absolute Gasteiger partial charge is 0.249 e. The Bertz CT molecular complexity index is 1930. The Morgan fingerprint density at radius 1 is 0.545 bits per heavy atom. The van der Waals surface area contributed by atoms with E-state index in [9.17, 15) is 0 Å². The summed E-state index contributed by atoms with van der Waals surface area (Å²) >= 11 is 2.03. The normalized spacial score (nSPS) is 27.3. The highest BCUT2D eigenvalue weighted by Crippen LogP contribution is 2.60. The second kappa shape index (κ2) is 8.62. The van der Waals surface area contributed by atoms with Crippen LogP contribution in [-0.4, -0.2) is 20.3 Å². The third-order valence-corrected chi connectivity index (χ3v) is 18.5. The Labute approximate surface area is 265 Å². The molecule has 0 atom stereocenters. The molecule has 4 fully saturated rings. The molecule has 7 aliphatic rings. The molecule has 0 spiro atoms. The van der Waals surface area contributed by atoms with Crippen molar-refractivity contribution in [2.45, 2.75) is 53.9 Å². The molecule has 4 aliphatic carbocycles. The van der Waals surface area contributed by atoms with Crippen molar-refractivity contribution < 1.29 is 0 Å². The first-order valence-electron chi connectivity index (χ1n) is 16.7. The van der Waals surface area contributed by atoms with E-state index in [0.717, 1.165) is 17.8 Å². The van der Waals surface area contributed by atoms with Crippen molar-refractivity contribution in [3.05, 3.63) is 115 Å². The number of rotatable bonds is 3. The Hall–Kier alpha value is -3.47. The fourth-order valence-electron chi connectivity index (χ4n) is 11.6. The van der Waals surface area contributed by atoms with Crippen LogP contribution in [0.1, 0.15) is 38.5 Å². The van der Waals surface area contributed by atoms with Gasteiger partial charge >= 0.3 is 0 Å². The van der Waals surface area contributed by atoms with Gasteiger partial charge < -0.3 is 4.90 Å². The van der Waals surface area contributed by atoms with Gasteiger partial charge in [-0.05, 0) is 112 Å². The highest BCUT2D eigenvalue weighted by atomic mass is 32.2. The zero-order valence-corrected chi connectivity index (χ0v) is 26.7. The summed E-state index contributed by atoms with van der Waals surface area (Å²) in [6.07, 6.45) is 8.52. The third kappa shape index (κ3) is 2.95. The minimum Gasteiger partial charge on any atom is -0.336 e. The molecule has 0 N–H and O–H groups in total. The fraction of sp³-hybridized carbons (Fsp3) is 0.250. The summed E-state index contributed by atoms with van der Waals surface area (Å²) in [4.78, 5) is 5.91. The SMILES string of the molecule is c1ccc([Si]2(c3ccccc3)c3cccc4c3B3c5c(cccc5N(C56CC7CC(CC(C7)C5)C6)c5cccc2c53)S4)cc1. The zero-order chi connectivity index (χ0) is 28.6. The molecule has 212 valence electrons. The maximum atomic E-state index is 2.97. The van der Waals surface area contributed by atoms with E-state index in [0.29, 0.717) is 6.71 Å². The van der Waals surface area contributed by atoms with Crippen molar-refractivity contribution in [2.75, 3.05) is 4.90 Å². The summed E-state index contributed by atoms with van der Waals surface area (Å²) in [5.41, 5.74) is 8.10. The average molecular weight is 600 g/mol. The lowest BCUT2D eigenvalue weighted by Gasteiger charge is -2.63. The Kier molecular flexibility index (Phi) is 4.86. The molecule has 3 aliphatic heterocycles. The monoisotopic (exact) mass is 599 g/mol. The quantitative estimate of drug-likeness (QED) is 0.269. The van der Waals surface area contributed by atoms with Gasteiger partial charge in [0, 0.05) is 26.7 Å². The van der Waals surface area contributed by atoms with Crippen LogP contribution >= 0.6 is 11.8 Å². The van der Waals surface area contributed by atoms with E-state index in [1.807, 2.05) is 11.8 Å². The molecular formula is C40H34BNSSi. The lowest BCUT2D eigenvalue weighted by molar-refractivity contribution is 0.000629. The molecule has 4 saturated carbocycles. The lowest BCUT2D eigenvalue weighted by atomic mass is 9.34. The van der Waals surface area contributed by atoms with E-state index in [1.54, 1.807) is 26.8 Å². The van der Waals surface area contributed by atoms with Crippen LogP contribution < -0.4 is 42.0 Å². The van der Waals surface area contributed by atoms with Gasteiger partial charge in [0.2, 0.25) is 6.71 Å². The second-order valence-corrected chi connectivity index (χ2v) is 19.5. The average Bonchev–Trinajstić information content (AvgIpc) is 3.05. The molecule has 4 heteroatoms. The highest BCUT2D eigenvalue weighted by Gasteiger charge is 2.59. The minimum absolute atomic E-state index is 0.246. The van der Waals surface area contributed by atoms with Gasteiger partial charge in [-0.3, -0.25) is 0 Å². The molecule has 12 rings (SSSR count). The van der Waals surface area contributed by atoms with E-state index in [2.05, 4.69) is 120 Å². The first kappa shape index (κ1) is 24.8. The topological polar surface area (TPSA) is 3.24 Å². The first-order chi connectivity index (χ1) is 21.7. The summed E-state index contributed by atoms with van der Waals surface area (Å²) in [6.45, 7) is 0.304. The molecule has 3 heterocycles. The second-order valence-electron chi connectivity index (χ2n) is 14.6. The summed E-state index contributed by atoms with van der Waals surface area (Å²) < 4.78 is 0. The van der Waals surface area contributed by atoms with Crippen LogP contribution in [0.4, 0.5) is 11.4 Å². The summed E-state index contributed by atoms with van der Waals surface area (Å²) in [5, 5.41) is 6.22. The Morgan fingerprint density at radius 2 is 1.05 bits per heavy atom. The standard InChI is InChI=1S/C40H34BNSSi/c1-3-10-29(11-4-1)44(30-12-5-2-6-13-30)35-18-8-15-32-38(35)41-37-31(14-7-16-33(37)43-34-17-9-19-36(44)39(34)41)42(32)40-23-26-20-27(24-40)22-28(21-26)25-40/h1-19,26-28H,20-25H2. The fourth-order valence-corrected chi connectivity index (χ4v) is 18.2. The van der Waals surface area contributed by atoms with Gasteiger partial charge in [0.1, 0.15) is 0 Å². The van der Waals surface area contributed by atoms with Crippen LogP contribution in [0, 0.1) is 17.8 Å². The third-order valence-electron chi connectivity index (χ3n) is 12.5. The number of nitrogens with zero attached hydrogens (tertiary/aromatic N) is 1. The van der Waals surface area contributed by atoms with Crippen molar-refractivity contribution in [2.24, 2.45) is 17.8 Å². The summed E-state index contributed by atoms with van der Waals surface area (Å²) in [6, 6.07) is 45.3. The molecule has 0 amide bonds. The predicted molar refractivity (Wildman–Crippen MR) is 188 cm³/mol. The molecule has 5 aromatic carbocycles. The van der Waals surface area contributed by atoms with E-state index in [4.69, 9.17) is 0 Å². The lowest BCUT2D eigenvalue weighted by Crippen LogP contribution is -2.88. The van der Waals surface area contributed by atoms with Crippen molar-refractivity contribution in [3.8, 4) is 0 Å². The zero-order valence-electron chi connectivity index (χ0n) is 24.9. The van der Waals surface area contributed by atoms with Crippen molar-refractivity contribution in [1.82, 2.24) is 0 Å². The maximum Gasteiger partial charge on any atom is 0.249 e. The van der Waals surface area contributed by atoms with Crippen LogP contribution in [0.5, 0.6) is 0 Å². The molecule has 1 nitrogen and oxygen atoms in total. The summed E-state index contributed by atoms with van der Waals surface area (Å²) in [7, 11) is -2.61. The Morgan fingerprint density at radius 3 is 1.66 bits per heavy atom. The van der Waals surface area contributed by atoms with Crippen molar-refractivity contribution in [3.63, 3.8) is 0 Å². The minimum atomic E-state index is -2.61. The maximum absolute atomic E-state index is 2.97. The Balaban J connectivity index is 1.29. The molecule has 0 unspecified atom stereocenters. The first-order valence-corrected chi connectivity index (χ1v) is 19.5. The largest absolute Gasteiger partial charge is 0.336 e. The van der Waals surface area contributed by atoms with Gasteiger partial charge in [0.05, 0.1) is 0 Å². The van der Waals surface area contributed by atoms with E-state index in [1.165, 1.54) is 70.1 Å².